The molecule has 1 atom stereocenters. The van der Waals surface area contributed by atoms with Crippen molar-refractivity contribution in [2.24, 2.45) is 0 Å². The standard InChI is InChI=1S/C16H16N2O/c1-2-12-6-5-7-13(10-12)16(19)14-11-17-18-9-4-3-8-15(14)18/h3-11,16,19H,2H2,1H3. The molecule has 0 spiro atoms. The monoisotopic (exact) mass is 252 g/mol. The van der Waals surface area contributed by atoms with E-state index >= 15 is 0 Å². The Morgan fingerprint density at radius 2 is 2.11 bits per heavy atom. The van der Waals surface area contributed by atoms with Crippen molar-refractivity contribution in [3.63, 3.8) is 0 Å². The van der Waals surface area contributed by atoms with Crippen LogP contribution in [0.25, 0.3) is 5.52 Å². The number of aryl methyl sites for hydroxylation is 1. The molecule has 96 valence electrons. The summed E-state index contributed by atoms with van der Waals surface area (Å²) in [5.41, 5.74) is 3.93. The first kappa shape index (κ1) is 11.9. The van der Waals surface area contributed by atoms with Gasteiger partial charge in [-0.25, -0.2) is 4.52 Å². The van der Waals surface area contributed by atoms with Gasteiger partial charge in [0.1, 0.15) is 6.10 Å². The third kappa shape index (κ3) is 2.13. The Morgan fingerprint density at radius 3 is 2.95 bits per heavy atom. The van der Waals surface area contributed by atoms with Gasteiger partial charge in [-0.2, -0.15) is 5.10 Å². The number of fused-ring (bicyclic) bond motifs is 1. The summed E-state index contributed by atoms with van der Waals surface area (Å²) in [7, 11) is 0. The lowest BCUT2D eigenvalue weighted by Crippen LogP contribution is -2.00. The van der Waals surface area contributed by atoms with Crippen LogP contribution in [0, 0.1) is 0 Å². The van der Waals surface area contributed by atoms with Gasteiger partial charge >= 0.3 is 0 Å². The van der Waals surface area contributed by atoms with Crippen LogP contribution >= 0.6 is 0 Å². The first-order valence-corrected chi connectivity index (χ1v) is 6.48. The highest BCUT2D eigenvalue weighted by Crippen LogP contribution is 2.26. The van der Waals surface area contributed by atoms with Crippen LogP contribution in [-0.4, -0.2) is 14.7 Å². The van der Waals surface area contributed by atoms with Crippen molar-refractivity contribution in [2.75, 3.05) is 0 Å². The van der Waals surface area contributed by atoms with Crippen LogP contribution in [0.15, 0.2) is 54.9 Å². The van der Waals surface area contributed by atoms with Crippen molar-refractivity contribution in [1.29, 1.82) is 0 Å². The minimum atomic E-state index is -0.633. The summed E-state index contributed by atoms with van der Waals surface area (Å²) in [6, 6.07) is 13.9. The number of hydrogen-bond donors (Lipinski definition) is 1. The van der Waals surface area contributed by atoms with Gasteiger partial charge in [-0.05, 0) is 29.7 Å². The lowest BCUT2D eigenvalue weighted by Gasteiger charge is -2.11. The topological polar surface area (TPSA) is 37.5 Å². The number of nitrogens with zero attached hydrogens (tertiary/aromatic N) is 2. The van der Waals surface area contributed by atoms with Crippen LogP contribution in [0.4, 0.5) is 0 Å². The van der Waals surface area contributed by atoms with Gasteiger partial charge in [0, 0.05) is 11.8 Å². The number of pyridine rings is 1. The Hall–Kier alpha value is -2.13. The molecule has 0 fully saturated rings. The first-order valence-electron chi connectivity index (χ1n) is 6.48. The second-order valence-electron chi connectivity index (χ2n) is 4.63. The zero-order chi connectivity index (χ0) is 13.2. The summed E-state index contributed by atoms with van der Waals surface area (Å²) in [5.74, 6) is 0. The number of aliphatic hydroxyl groups is 1. The van der Waals surface area contributed by atoms with Crippen molar-refractivity contribution >= 4 is 5.52 Å². The van der Waals surface area contributed by atoms with E-state index in [9.17, 15) is 5.11 Å². The molecule has 3 nitrogen and oxygen atoms in total. The van der Waals surface area contributed by atoms with Crippen LogP contribution in [-0.2, 0) is 6.42 Å². The predicted molar refractivity (Wildman–Crippen MR) is 75.1 cm³/mol. The zero-order valence-electron chi connectivity index (χ0n) is 10.8. The third-order valence-electron chi connectivity index (χ3n) is 3.43. The van der Waals surface area contributed by atoms with E-state index < -0.39 is 6.10 Å². The fourth-order valence-corrected chi connectivity index (χ4v) is 2.33. The second kappa shape index (κ2) is 4.86. The number of aromatic nitrogens is 2. The molecule has 2 aromatic heterocycles. The molecule has 0 aliphatic carbocycles. The van der Waals surface area contributed by atoms with Crippen LogP contribution in [0.2, 0.25) is 0 Å². The molecular weight excluding hydrogens is 236 g/mol. The van der Waals surface area contributed by atoms with E-state index in [1.807, 2.05) is 36.5 Å². The van der Waals surface area contributed by atoms with Crippen molar-refractivity contribution in [1.82, 2.24) is 9.61 Å². The Kier molecular flexibility index (Phi) is 3.05. The smallest absolute Gasteiger partial charge is 0.108 e. The summed E-state index contributed by atoms with van der Waals surface area (Å²) in [6.07, 6.45) is 3.95. The molecular formula is C16H16N2O. The van der Waals surface area contributed by atoms with Gasteiger partial charge in [0.25, 0.3) is 0 Å². The van der Waals surface area contributed by atoms with Gasteiger partial charge in [-0.3, -0.25) is 0 Å². The fourth-order valence-electron chi connectivity index (χ4n) is 2.33. The Bertz CT molecular complexity index is 703. The van der Waals surface area contributed by atoms with E-state index in [0.717, 1.165) is 23.1 Å². The largest absolute Gasteiger partial charge is 0.384 e. The van der Waals surface area contributed by atoms with E-state index in [1.165, 1.54) is 5.56 Å². The van der Waals surface area contributed by atoms with Gasteiger partial charge in [0.2, 0.25) is 0 Å². The highest BCUT2D eigenvalue weighted by molar-refractivity contribution is 5.56. The summed E-state index contributed by atoms with van der Waals surface area (Å²) >= 11 is 0. The van der Waals surface area contributed by atoms with E-state index in [4.69, 9.17) is 0 Å². The molecule has 0 saturated heterocycles. The van der Waals surface area contributed by atoms with E-state index in [1.54, 1.807) is 10.7 Å². The molecule has 3 rings (SSSR count). The molecule has 2 heterocycles. The Labute approximate surface area is 112 Å². The molecule has 0 aliphatic rings. The summed E-state index contributed by atoms with van der Waals surface area (Å²) < 4.78 is 1.78. The number of hydrogen-bond acceptors (Lipinski definition) is 2. The summed E-state index contributed by atoms with van der Waals surface area (Å²) in [5, 5.41) is 14.8. The van der Waals surface area contributed by atoms with Crippen LogP contribution in [0.1, 0.15) is 29.7 Å². The summed E-state index contributed by atoms with van der Waals surface area (Å²) in [4.78, 5) is 0. The van der Waals surface area contributed by atoms with Crippen molar-refractivity contribution in [3.8, 4) is 0 Å². The predicted octanol–water partition coefficient (Wildman–Crippen LogP) is 2.98. The molecule has 1 unspecified atom stereocenters. The van der Waals surface area contributed by atoms with E-state index in [-0.39, 0.29) is 0 Å². The van der Waals surface area contributed by atoms with E-state index in [0.29, 0.717) is 0 Å². The maximum absolute atomic E-state index is 10.5. The molecule has 1 N–H and O–H groups in total. The van der Waals surface area contributed by atoms with Crippen LogP contribution in [0.5, 0.6) is 0 Å². The summed E-state index contributed by atoms with van der Waals surface area (Å²) in [6.45, 7) is 2.11. The van der Waals surface area contributed by atoms with Crippen molar-refractivity contribution < 1.29 is 5.11 Å². The van der Waals surface area contributed by atoms with Gasteiger partial charge in [0.15, 0.2) is 0 Å². The maximum Gasteiger partial charge on any atom is 0.108 e. The van der Waals surface area contributed by atoms with Crippen LogP contribution < -0.4 is 0 Å². The van der Waals surface area contributed by atoms with E-state index in [2.05, 4.69) is 24.2 Å². The lowest BCUT2D eigenvalue weighted by molar-refractivity contribution is 0.221. The SMILES string of the molecule is CCc1cccc(C(O)c2cnn3ccccc23)c1. The molecule has 0 amide bonds. The molecule has 1 aromatic carbocycles. The second-order valence-corrected chi connectivity index (χ2v) is 4.63. The third-order valence-corrected chi connectivity index (χ3v) is 3.43. The van der Waals surface area contributed by atoms with Gasteiger partial charge < -0.3 is 5.11 Å². The highest BCUT2D eigenvalue weighted by atomic mass is 16.3. The maximum atomic E-state index is 10.5. The minimum Gasteiger partial charge on any atom is -0.384 e. The highest BCUT2D eigenvalue weighted by Gasteiger charge is 2.15. The molecule has 0 saturated carbocycles. The fraction of sp³-hybridized carbons (Fsp3) is 0.188. The van der Waals surface area contributed by atoms with Gasteiger partial charge in [0.05, 0.1) is 11.7 Å². The first-order chi connectivity index (χ1) is 9.29. The van der Waals surface area contributed by atoms with Crippen molar-refractivity contribution in [2.45, 2.75) is 19.4 Å². The molecule has 3 aromatic rings. The number of rotatable bonds is 3. The Balaban J connectivity index is 2.05. The lowest BCUT2D eigenvalue weighted by atomic mass is 10.00. The van der Waals surface area contributed by atoms with Crippen molar-refractivity contribution in [3.05, 3.63) is 71.5 Å². The number of aliphatic hydroxyl groups excluding tert-OH is 1. The molecule has 0 aliphatic heterocycles. The molecule has 0 bridgehead atoms. The Morgan fingerprint density at radius 1 is 1.21 bits per heavy atom. The van der Waals surface area contributed by atoms with Crippen LogP contribution in [0.3, 0.4) is 0 Å². The quantitative estimate of drug-likeness (QED) is 0.778. The average Bonchev–Trinajstić information content (AvgIpc) is 2.90. The molecule has 19 heavy (non-hydrogen) atoms. The minimum absolute atomic E-state index is 0.633. The van der Waals surface area contributed by atoms with Gasteiger partial charge in [-0.15, -0.1) is 0 Å². The zero-order valence-corrected chi connectivity index (χ0v) is 10.8. The average molecular weight is 252 g/mol. The molecule has 3 heteroatoms. The van der Waals surface area contributed by atoms with Gasteiger partial charge in [-0.1, -0.05) is 37.3 Å². The molecule has 0 radical (unpaired) electrons. The normalized spacial score (nSPS) is 12.7. The number of benzene rings is 1.